The number of allylic oxidation sites excluding steroid dienone is 1. The van der Waals surface area contributed by atoms with Crippen molar-refractivity contribution in [2.45, 2.75) is 27.4 Å². The predicted molar refractivity (Wildman–Crippen MR) is 63.0 cm³/mol. The summed E-state index contributed by atoms with van der Waals surface area (Å²) in [5.41, 5.74) is 3.03. The zero-order valence-electron chi connectivity index (χ0n) is 9.58. The first kappa shape index (κ1) is 11.8. The molecule has 0 bridgehead atoms. The zero-order chi connectivity index (χ0) is 11.3. The van der Waals surface area contributed by atoms with Gasteiger partial charge >= 0.3 is 0 Å². The third-order valence-electron chi connectivity index (χ3n) is 2.19. The van der Waals surface area contributed by atoms with Crippen LogP contribution in [0.25, 0.3) is 6.08 Å². The quantitative estimate of drug-likeness (QED) is 0.820. The number of hydrogen-bond acceptors (Lipinski definition) is 2. The molecule has 2 nitrogen and oxygen atoms in total. The Balaban J connectivity index is 3.24. The number of hydrogen-bond donors (Lipinski definition) is 1. The first-order valence-electron chi connectivity index (χ1n) is 5.22. The van der Waals surface area contributed by atoms with Crippen LogP contribution >= 0.6 is 0 Å². The SMILES string of the molecule is C/C=C/c1cc(C)cc(OCC)c1CO. The maximum Gasteiger partial charge on any atom is 0.125 e. The van der Waals surface area contributed by atoms with Gasteiger partial charge in [-0.05, 0) is 38.0 Å². The fraction of sp³-hybridized carbons (Fsp3) is 0.385. The van der Waals surface area contributed by atoms with Crippen LogP contribution in [0.4, 0.5) is 0 Å². The summed E-state index contributed by atoms with van der Waals surface area (Å²) in [4.78, 5) is 0. The van der Waals surface area contributed by atoms with Crippen LogP contribution in [0.1, 0.15) is 30.5 Å². The minimum absolute atomic E-state index is 0.00921. The van der Waals surface area contributed by atoms with Gasteiger partial charge in [0.2, 0.25) is 0 Å². The highest BCUT2D eigenvalue weighted by molar-refractivity contribution is 5.59. The van der Waals surface area contributed by atoms with E-state index in [2.05, 4.69) is 0 Å². The molecule has 2 heteroatoms. The average Bonchev–Trinajstić information content (AvgIpc) is 2.18. The van der Waals surface area contributed by atoms with E-state index in [0.717, 1.165) is 22.4 Å². The molecular weight excluding hydrogens is 188 g/mol. The maximum absolute atomic E-state index is 9.33. The van der Waals surface area contributed by atoms with Crippen molar-refractivity contribution in [1.82, 2.24) is 0 Å². The van der Waals surface area contributed by atoms with Crippen LogP contribution < -0.4 is 4.74 Å². The topological polar surface area (TPSA) is 29.5 Å². The minimum Gasteiger partial charge on any atom is -0.493 e. The van der Waals surface area contributed by atoms with Gasteiger partial charge in [-0.25, -0.2) is 0 Å². The van der Waals surface area contributed by atoms with Gasteiger partial charge < -0.3 is 9.84 Å². The second-order valence-electron chi connectivity index (χ2n) is 3.42. The molecule has 0 amide bonds. The number of aryl methyl sites for hydroxylation is 1. The molecule has 1 aromatic carbocycles. The third-order valence-corrected chi connectivity index (χ3v) is 2.19. The predicted octanol–water partition coefficient (Wildman–Crippen LogP) is 2.92. The lowest BCUT2D eigenvalue weighted by molar-refractivity contribution is 0.266. The standard InChI is InChI=1S/C13H18O2/c1-4-6-11-7-10(3)8-13(15-5-2)12(11)9-14/h4,6-8,14H,5,9H2,1-3H3/b6-4+. The van der Waals surface area contributed by atoms with E-state index in [1.807, 2.05) is 45.1 Å². The molecule has 0 aromatic heterocycles. The van der Waals surface area contributed by atoms with E-state index in [-0.39, 0.29) is 6.61 Å². The molecule has 0 unspecified atom stereocenters. The van der Waals surface area contributed by atoms with Gasteiger partial charge in [0.15, 0.2) is 0 Å². The summed E-state index contributed by atoms with van der Waals surface area (Å²) >= 11 is 0. The summed E-state index contributed by atoms with van der Waals surface area (Å²) in [6.45, 7) is 6.56. The van der Waals surface area contributed by atoms with E-state index >= 15 is 0 Å². The lowest BCUT2D eigenvalue weighted by Gasteiger charge is -2.12. The van der Waals surface area contributed by atoms with Gasteiger partial charge in [0.05, 0.1) is 13.2 Å². The molecule has 0 aliphatic heterocycles. The van der Waals surface area contributed by atoms with Gasteiger partial charge in [0, 0.05) is 5.56 Å². The molecule has 82 valence electrons. The Morgan fingerprint density at radius 1 is 1.40 bits per heavy atom. The fourth-order valence-electron chi connectivity index (χ4n) is 1.59. The van der Waals surface area contributed by atoms with Crippen LogP contribution in [0.5, 0.6) is 5.75 Å². The Morgan fingerprint density at radius 2 is 2.13 bits per heavy atom. The highest BCUT2D eigenvalue weighted by atomic mass is 16.5. The largest absolute Gasteiger partial charge is 0.493 e. The van der Waals surface area contributed by atoms with Crippen LogP contribution in [0.2, 0.25) is 0 Å². The van der Waals surface area contributed by atoms with Gasteiger partial charge in [-0.1, -0.05) is 18.2 Å². The summed E-state index contributed by atoms with van der Waals surface area (Å²) in [6, 6.07) is 4.01. The van der Waals surface area contributed by atoms with Gasteiger partial charge in [-0.2, -0.15) is 0 Å². The number of aliphatic hydroxyl groups excluding tert-OH is 1. The van der Waals surface area contributed by atoms with Crippen LogP contribution in [0, 0.1) is 6.92 Å². The van der Waals surface area contributed by atoms with Crippen LogP contribution in [0.15, 0.2) is 18.2 Å². The third kappa shape index (κ3) is 2.83. The van der Waals surface area contributed by atoms with Crippen molar-refractivity contribution in [3.05, 3.63) is 34.9 Å². The van der Waals surface area contributed by atoms with Crippen LogP contribution in [-0.4, -0.2) is 11.7 Å². The molecule has 0 atom stereocenters. The number of aliphatic hydroxyl groups is 1. The van der Waals surface area contributed by atoms with Crippen LogP contribution in [-0.2, 0) is 6.61 Å². The highest BCUT2D eigenvalue weighted by Crippen LogP contribution is 2.26. The molecule has 0 fully saturated rings. The van der Waals surface area contributed by atoms with Crippen molar-refractivity contribution >= 4 is 6.08 Å². The minimum atomic E-state index is 0.00921. The summed E-state index contributed by atoms with van der Waals surface area (Å²) in [5.74, 6) is 0.785. The van der Waals surface area contributed by atoms with E-state index < -0.39 is 0 Å². The smallest absolute Gasteiger partial charge is 0.125 e. The first-order chi connectivity index (χ1) is 7.22. The lowest BCUT2D eigenvalue weighted by Crippen LogP contribution is -1.99. The van der Waals surface area contributed by atoms with E-state index in [1.165, 1.54) is 0 Å². The van der Waals surface area contributed by atoms with E-state index in [9.17, 15) is 5.11 Å². The van der Waals surface area contributed by atoms with Crippen molar-refractivity contribution in [2.75, 3.05) is 6.61 Å². The van der Waals surface area contributed by atoms with E-state index in [4.69, 9.17) is 4.74 Å². The lowest BCUT2D eigenvalue weighted by atomic mass is 10.0. The first-order valence-corrected chi connectivity index (χ1v) is 5.22. The second-order valence-corrected chi connectivity index (χ2v) is 3.42. The number of benzene rings is 1. The summed E-state index contributed by atoms with van der Waals surface area (Å²) in [6.07, 6.45) is 3.95. The summed E-state index contributed by atoms with van der Waals surface area (Å²) in [5, 5.41) is 9.33. The van der Waals surface area contributed by atoms with E-state index in [1.54, 1.807) is 0 Å². The molecule has 1 aromatic rings. The van der Waals surface area contributed by atoms with E-state index in [0.29, 0.717) is 6.61 Å². The fourth-order valence-corrected chi connectivity index (χ4v) is 1.59. The normalized spacial score (nSPS) is 10.9. The summed E-state index contributed by atoms with van der Waals surface area (Å²) in [7, 11) is 0. The van der Waals surface area contributed by atoms with Crippen molar-refractivity contribution in [2.24, 2.45) is 0 Å². The summed E-state index contributed by atoms with van der Waals surface area (Å²) < 4.78 is 5.50. The Morgan fingerprint density at radius 3 is 2.67 bits per heavy atom. The van der Waals surface area contributed by atoms with Crippen molar-refractivity contribution in [1.29, 1.82) is 0 Å². The average molecular weight is 206 g/mol. The molecule has 0 saturated carbocycles. The molecule has 1 N–H and O–H groups in total. The Bertz CT molecular complexity index is 354. The van der Waals surface area contributed by atoms with Gasteiger partial charge in [-0.3, -0.25) is 0 Å². The molecule has 0 saturated heterocycles. The Hall–Kier alpha value is -1.28. The van der Waals surface area contributed by atoms with Crippen molar-refractivity contribution in [3.63, 3.8) is 0 Å². The molecule has 15 heavy (non-hydrogen) atoms. The molecule has 0 heterocycles. The Labute approximate surface area is 91.2 Å². The second kappa shape index (κ2) is 5.56. The van der Waals surface area contributed by atoms with Crippen molar-refractivity contribution in [3.8, 4) is 5.75 Å². The molecule has 0 aliphatic carbocycles. The Kier molecular flexibility index (Phi) is 4.37. The monoisotopic (exact) mass is 206 g/mol. The molecule has 1 rings (SSSR count). The molecule has 0 radical (unpaired) electrons. The van der Waals surface area contributed by atoms with Crippen LogP contribution in [0.3, 0.4) is 0 Å². The molecule has 0 spiro atoms. The molecule has 0 aliphatic rings. The zero-order valence-corrected chi connectivity index (χ0v) is 9.58. The number of ether oxygens (including phenoxy) is 1. The van der Waals surface area contributed by atoms with Crippen molar-refractivity contribution < 1.29 is 9.84 Å². The maximum atomic E-state index is 9.33. The van der Waals surface area contributed by atoms with Gasteiger partial charge in [0.1, 0.15) is 5.75 Å². The molecular formula is C13H18O2. The van der Waals surface area contributed by atoms with Gasteiger partial charge in [0.25, 0.3) is 0 Å². The highest BCUT2D eigenvalue weighted by Gasteiger charge is 2.07. The van der Waals surface area contributed by atoms with Gasteiger partial charge in [-0.15, -0.1) is 0 Å². The number of rotatable bonds is 4.